The third-order valence-electron chi connectivity index (χ3n) is 5.11. The molecule has 0 aliphatic rings. The fourth-order valence-corrected chi connectivity index (χ4v) is 3.76. The standard InChI is InChI=1S/C25H20N2O2/c1-19(24(28)29)23-17-27(18-26-23)25(20-11-5-2-6-12-20,21-13-7-3-8-14-21)22-15-9-4-10-16-22/h2-18H,1H2,(H,28,29). The maximum atomic E-state index is 11.4. The van der Waals surface area contributed by atoms with Crippen molar-refractivity contribution in [2.45, 2.75) is 5.54 Å². The molecule has 1 N–H and O–H groups in total. The summed E-state index contributed by atoms with van der Waals surface area (Å²) >= 11 is 0. The molecule has 0 saturated heterocycles. The van der Waals surface area contributed by atoms with Gasteiger partial charge in [-0.1, -0.05) is 97.6 Å². The Bertz CT molecular complexity index is 1040. The summed E-state index contributed by atoms with van der Waals surface area (Å²) in [6, 6.07) is 30.4. The molecule has 0 unspecified atom stereocenters. The average Bonchev–Trinajstić information content (AvgIpc) is 3.26. The number of benzene rings is 3. The second-order valence-electron chi connectivity index (χ2n) is 6.76. The lowest BCUT2D eigenvalue weighted by Gasteiger charge is -2.37. The van der Waals surface area contributed by atoms with Crippen molar-refractivity contribution in [2.75, 3.05) is 0 Å². The highest BCUT2D eigenvalue weighted by atomic mass is 16.4. The molecule has 0 bridgehead atoms. The van der Waals surface area contributed by atoms with Gasteiger partial charge in [0.2, 0.25) is 0 Å². The summed E-state index contributed by atoms with van der Waals surface area (Å²) in [5.74, 6) is -1.08. The number of imidazole rings is 1. The predicted octanol–water partition coefficient (Wildman–Crippen LogP) is 4.82. The summed E-state index contributed by atoms with van der Waals surface area (Å²) in [4.78, 5) is 15.8. The molecule has 4 rings (SSSR count). The van der Waals surface area contributed by atoms with E-state index in [1.54, 1.807) is 12.5 Å². The SMILES string of the molecule is C=C(C(=O)O)c1cn(C(c2ccccc2)(c2ccccc2)c2ccccc2)cn1. The molecule has 3 aromatic carbocycles. The third-order valence-corrected chi connectivity index (χ3v) is 5.11. The zero-order chi connectivity index (χ0) is 20.3. The maximum absolute atomic E-state index is 11.4. The van der Waals surface area contributed by atoms with Crippen molar-refractivity contribution in [1.29, 1.82) is 0 Å². The van der Waals surface area contributed by atoms with Gasteiger partial charge in [0.15, 0.2) is 0 Å². The van der Waals surface area contributed by atoms with Crippen LogP contribution in [-0.4, -0.2) is 20.6 Å². The lowest BCUT2D eigenvalue weighted by molar-refractivity contribution is -0.130. The summed E-state index contributed by atoms with van der Waals surface area (Å²) < 4.78 is 1.97. The minimum Gasteiger partial charge on any atom is -0.478 e. The molecular formula is C25H20N2O2. The van der Waals surface area contributed by atoms with Crippen molar-refractivity contribution in [3.63, 3.8) is 0 Å². The number of carbonyl (C=O) groups is 1. The number of aromatic nitrogens is 2. The monoisotopic (exact) mass is 380 g/mol. The van der Waals surface area contributed by atoms with Gasteiger partial charge in [-0.3, -0.25) is 0 Å². The molecule has 0 atom stereocenters. The molecule has 0 spiro atoms. The van der Waals surface area contributed by atoms with Gasteiger partial charge in [-0.25, -0.2) is 9.78 Å². The Balaban J connectivity index is 2.07. The molecule has 142 valence electrons. The van der Waals surface area contributed by atoms with Crippen LogP contribution in [0.25, 0.3) is 5.57 Å². The van der Waals surface area contributed by atoms with E-state index in [2.05, 4.69) is 48.0 Å². The highest BCUT2D eigenvalue weighted by molar-refractivity contribution is 6.13. The second-order valence-corrected chi connectivity index (χ2v) is 6.76. The third kappa shape index (κ3) is 3.15. The van der Waals surface area contributed by atoms with E-state index < -0.39 is 11.5 Å². The highest BCUT2D eigenvalue weighted by Crippen LogP contribution is 2.40. The molecule has 0 saturated carbocycles. The van der Waals surface area contributed by atoms with E-state index in [9.17, 15) is 9.90 Å². The van der Waals surface area contributed by atoms with Crippen molar-refractivity contribution in [2.24, 2.45) is 0 Å². The normalized spacial score (nSPS) is 11.2. The van der Waals surface area contributed by atoms with Crippen LogP contribution in [0.4, 0.5) is 0 Å². The van der Waals surface area contributed by atoms with Crippen molar-refractivity contribution >= 4 is 11.5 Å². The van der Waals surface area contributed by atoms with E-state index in [4.69, 9.17) is 0 Å². The van der Waals surface area contributed by atoms with Gasteiger partial charge in [0.25, 0.3) is 0 Å². The van der Waals surface area contributed by atoms with Crippen LogP contribution in [0.15, 0.2) is 110 Å². The molecule has 4 aromatic rings. The van der Waals surface area contributed by atoms with E-state index in [-0.39, 0.29) is 5.57 Å². The first-order valence-electron chi connectivity index (χ1n) is 9.27. The zero-order valence-electron chi connectivity index (χ0n) is 15.8. The number of carboxylic acid groups (broad SMARTS) is 1. The Morgan fingerprint density at radius 1 is 0.793 bits per heavy atom. The minimum absolute atomic E-state index is 0.0353. The fraction of sp³-hybridized carbons (Fsp3) is 0.0400. The van der Waals surface area contributed by atoms with Gasteiger partial charge in [-0.05, 0) is 16.7 Å². The number of aliphatic carboxylic acids is 1. The highest BCUT2D eigenvalue weighted by Gasteiger charge is 2.38. The minimum atomic E-state index is -1.08. The van der Waals surface area contributed by atoms with Gasteiger partial charge < -0.3 is 9.67 Å². The number of hydrogen-bond donors (Lipinski definition) is 1. The van der Waals surface area contributed by atoms with Gasteiger partial charge in [0.05, 0.1) is 17.6 Å². The first kappa shape index (κ1) is 18.4. The lowest BCUT2D eigenvalue weighted by atomic mass is 9.77. The number of nitrogens with zero attached hydrogens (tertiary/aromatic N) is 2. The Hall–Kier alpha value is -3.92. The zero-order valence-corrected chi connectivity index (χ0v) is 15.8. The summed E-state index contributed by atoms with van der Waals surface area (Å²) in [6.07, 6.45) is 3.43. The molecule has 1 heterocycles. The molecule has 1 aromatic heterocycles. The largest absolute Gasteiger partial charge is 0.478 e. The Labute approximate surface area is 169 Å². The quantitative estimate of drug-likeness (QED) is 0.385. The first-order valence-corrected chi connectivity index (χ1v) is 9.27. The van der Waals surface area contributed by atoms with Gasteiger partial charge in [0.1, 0.15) is 5.54 Å². The molecule has 0 radical (unpaired) electrons. The van der Waals surface area contributed by atoms with Crippen molar-refractivity contribution in [1.82, 2.24) is 9.55 Å². The number of rotatable bonds is 6. The van der Waals surface area contributed by atoms with Crippen LogP contribution in [0.3, 0.4) is 0 Å². The molecule has 0 aliphatic heterocycles. The van der Waals surface area contributed by atoms with Gasteiger partial charge in [-0.2, -0.15) is 0 Å². The fourth-order valence-electron chi connectivity index (χ4n) is 3.76. The van der Waals surface area contributed by atoms with E-state index in [0.717, 1.165) is 16.7 Å². The van der Waals surface area contributed by atoms with E-state index in [1.165, 1.54) is 0 Å². The van der Waals surface area contributed by atoms with Crippen LogP contribution < -0.4 is 0 Å². The molecule has 29 heavy (non-hydrogen) atoms. The first-order chi connectivity index (χ1) is 14.1. The maximum Gasteiger partial charge on any atom is 0.337 e. The molecular weight excluding hydrogens is 360 g/mol. The van der Waals surface area contributed by atoms with Gasteiger partial charge in [-0.15, -0.1) is 0 Å². The molecule has 0 amide bonds. The summed E-state index contributed by atoms with van der Waals surface area (Å²) in [5, 5.41) is 9.35. The van der Waals surface area contributed by atoms with Crippen LogP contribution in [0.1, 0.15) is 22.4 Å². The van der Waals surface area contributed by atoms with Crippen LogP contribution >= 0.6 is 0 Å². The Morgan fingerprint density at radius 2 is 1.21 bits per heavy atom. The average molecular weight is 380 g/mol. The van der Waals surface area contributed by atoms with E-state index in [0.29, 0.717) is 5.69 Å². The summed E-state index contributed by atoms with van der Waals surface area (Å²) in [5.41, 5.74) is 2.72. The van der Waals surface area contributed by atoms with Crippen LogP contribution in [-0.2, 0) is 10.3 Å². The van der Waals surface area contributed by atoms with Crippen LogP contribution in [0, 0.1) is 0 Å². The van der Waals surface area contributed by atoms with E-state index >= 15 is 0 Å². The molecule has 4 nitrogen and oxygen atoms in total. The number of hydrogen-bond acceptors (Lipinski definition) is 2. The Kier molecular flexibility index (Phi) is 4.83. The molecule has 4 heteroatoms. The van der Waals surface area contributed by atoms with E-state index in [1.807, 2.05) is 59.2 Å². The van der Waals surface area contributed by atoms with Crippen molar-refractivity contribution in [3.05, 3.63) is 132 Å². The molecule has 0 aliphatic carbocycles. The van der Waals surface area contributed by atoms with Gasteiger partial charge >= 0.3 is 5.97 Å². The summed E-state index contributed by atoms with van der Waals surface area (Å²) in [7, 11) is 0. The lowest BCUT2D eigenvalue weighted by Crippen LogP contribution is -2.36. The number of carboxylic acids is 1. The molecule has 0 fully saturated rings. The van der Waals surface area contributed by atoms with Gasteiger partial charge in [0, 0.05) is 6.20 Å². The smallest absolute Gasteiger partial charge is 0.337 e. The second kappa shape index (κ2) is 7.60. The predicted molar refractivity (Wildman–Crippen MR) is 114 cm³/mol. The Morgan fingerprint density at radius 3 is 1.59 bits per heavy atom. The van der Waals surface area contributed by atoms with Crippen molar-refractivity contribution in [3.8, 4) is 0 Å². The van der Waals surface area contributed by atoms with Crippen LogP contribution in [0.5, 0.6) is 0 Å². The van der Waals surface area contributed by atoms with Crippen molar-refractivity contribution < 1.29 is 9.90 Å². The van der Waals surface area contributed by atoms with Crippen LogP contribution in [0.2, 0.25) is 0 Å². The summed E-state index contributed by atoms with van der Waals surface area (Å²) in [6.45, 7) is 3.66. The topological polar surface area (TPSA) is 55.1 Å².